The van der Waals surface area contributed by atoms with Crippen molar-refractivity contribution in [1.29, 1.82) is 0 Å². The van der Waals surface area contributed by atoms with Gasteiger partial charge < -0.3 is 11.1 Å². The lowest BCUT2D eigenvalue weighted by Gasteiger charge is -2.11. The molecule has 0 aliphatic carbocycles. The molecule has 0 heterocycles. The first kappa shape index (κ1) is 13.6. The van der Waals surface area contributed by atoms with Crippen LogP contribution in [0.3, 0.4) is 0 Å². The van der Waals surface area contributed by atoms with Crippen LogP contribution in [0.2, 0.25) is 0 Å². The average Bonchev–Trinajstić information content (AvgIpc) is 2.28. The number of benzene rings is 1. The Morgan fingerprint density at radius 3 is 2.56 bits per heavy atom. The fourth-order valence-corrected chi connectivity index (χ4v) is 1.41. The van der Waals surface area contributed by atoms with Crippen molar-refractivity contribution in [3.05, 3.63) is 39.4 Å². The minimum absolute atomic E-state index is 0.144. The van der Waals surface area contributed by atoms with Gasteiger partial charge in [0.25, 0.3) is 11.6 Å². The smallest absolute Gasteiger partial charge is 0.273 e. The van der Waals surface area contributed by atoms with Crippen molar-refractivity contribution in [3.8, 4) is 0 Å². The van der Waals surface area contributed by atoms with Crippen molar-refractivity contribution in [3.63, 3.8) is 0 Å². The summed E-state index contributed by atoms with van der Waals surface area (Å²) in [5.74, 6) is -1.24. The number of nitro benzene ring substituents is 1. The molecule has 0 saturated carbocycles. The molecule has 1 aromatic carbocycles. The minimum atomic E-state index is -0.837. The second kappa shape index (κ2) is 5.26. The van der Waals surface area contributed by atoms with Crippen LogP contribution in [0.4, 0.5) is 5.69 Å². The van der Waals surface area contributed by atoms with E-state index >= 15 is 0 Å². The molecule has 0 fully saturated rings. The maximum Gasteiger partial charge on any atom is 0.273 e. The van der Waals surface area contributed by atoms with Gasteiger partial charge in [0.1, 0.15) is 6.04 Å². The molecule has 0 aromatic heterocycles. The van der Waals surface area contributed by atoms with Gasteiger partial charge in [0.05, 0.1) is 4.92 Å². The van der Waals surface area contributed by atoms with Crippen LogP contribution in [0.1, 0.15) is 22.8 Å². The Bertz CT molecular complexity index is 513. The Labute approximate surface area is 103 Å². The Kier molecular flexibility index (Phi) is 3.98. The lowest BCUT2D eigenvalue weighted by Crippen LogP contribution is -2.42. The van der Waals surface area contributed by atoms with Crippen molar-refractivity contribution < 1.29 is 14.5 Å². The predicted molar refractivity (Wildman–Crippen MR) is 64.0 cm³/mol. The Morgan fingerprint density at radius 1 is 1.44 bits per heavy atom. The minimum Gasteiger partial charge on any atom is -0.368 e. The molecule has 0 bridgehead atoms. The third kappa shape index (κ3) is 2.82. The Hall–Kier alpha value is -2.44. The molecule has 0 spiro atoms. The molecule has 0 radical (unpaired) electrons. The summed E-state index contributed by atoms with van der Waals surface area (Å²) in [6, 6.07) is 3.33. The average molecular weight is 251 g/mol. The summed E-state index contributed by atoms with van der Waals surface area (Å²) in [4.78, 5) is 32.8. The zero-order valence-electron chi connectivity index (χ0n) is 9.97. The molecule has 18 heavy (non-hydrogen) atoms. The normalized spacial score (nSPS) is 11.7. The van der Waals surface area contributed by atoms with Crippen LogP contribution in [0.25, 0.3) is 0 Å². The number of nitrogens with two attached hydrogens (primary N) is 1. The van der Waals surface area contributed by atoms with E-state index in [2.05, 4.69) is 5.32 Å². The van der Waals surface area contributed by atoms with E-state index in [4.69, 9.17) is 5.73 Å². The van der Waals surface area contributed by atoms with E-state index in [-0.39, 0.29) is 16.8 Å². The van der Waals surface area contributed by atoms with Gasteiger partial charge in [0.2, 0.25) is 5.91 Å². The largest absolute Gasteiger partial charge is 0.368 e. The molecular formula is C11H13N3O4. The van der Waals surface area contributed by atoms with Gasteiger partial charge in [-0.2, -0.15) is 0 Å². The number of primary amides is 1. The third-order valence-corrected chi connectivity index (χ3v) is 2.52. The van der Waals surface area contributed by atoms with Crippen molar-refractivity contribution in [2.75, 3.05) is 0 Å². The SMILES string of the molecule is Cc1c(C(=O)NC(C)C(N)=O)cccc1[N+](=O)[O-]. The molecule has 96 valence electrons. The van der Waals surface area contributed by atoms with E-state index in [1.165, 1.54) is 32.0 Å². The van der Waals surface area contributed by atoms with Gasteiger partial charge in [-0.15, -0.1) is 0 Å². The van der Waals surface area contributed by atoms with Gasteiger partial charge in [-0.3, -0.25) is 19.7 Å². The molecule has 7 heteroatoms. The summed E-state index contributed by atoms with van der Waals surface area (Å²) in [5.41, 5.74) is 5.27. The van der Waals surface area contributed by atoms with Crippen LogP contribution in [-0.2, 0) is 4.79 Å². The molecular weight excluding hydrogens is 238 g/mol. The lowest BCUT2D eigenvalue weighted by atomic mass is 10.1. The molecule has 0 aliphatic heterocycles. The van der Waals surface area contributed by atoms with Crippen LogP contribution < -0.4 is 11.1 Å². The fourth-order valence-electron chi connectivity index (χ4n) is 1.41. The van der Waals surface area contributed by atoms with E-state index in [0.717, 1.165) is 0 Å². The van der Waals surface area contributed by atoms with E-state index in [9.17, 15) is 19.7 Å². The number of carbonyl (C=O) groups excluding carboxylic acids is 2. The fraction of sp³-hybridized carbons (Fsp3) is 0.273. The predicted octanol–water partition coefficient (Wildman–Crippen LogP) is 0.507. The van der Waals surface area contributed by atoms with Gasteiger partial charge in [-0.25, -0.2) is 0 Å². The Balaban J connectivity index is 3.04. The Morgan fingerprint density at radius 2 is 2.06 bits per heavy atom. The molecule has 1 unspecified atom stereocenters. The highest BCUT2D eigenvalue weighted by atomic mass is 16.6. The highest BCUT2D eigenvalue weighted by Crippen LogP contribution is 2.20. The lowest BCUT2D eigenvalue weighted by molar-refractivity contribution is -0.385. The first-order valence-electron chi connectivity index (χ1n) is 5.18. The molecule has 7 nitrogen and oxygen atoms in total. The van der Waals surface area contributed by atoms with Crippen molar-refractivity contribution in [2.24, 2.45) is 5.73 Å². The number of rotatable bonds is 4. The second-order valence-corrected chi connectivity index (χ2v) is 3.80. The monoisotopic (exact) mass is 251 g/mol. The molecule has 1 atom stereocenters. The van der Waals surface area contributed by atoms with Gasteiger partial charge in [0, 0.05) is 17.2 Å². The number of nitrogens with one attached hydrogen (secondary N) is 1. The number of nitro groups is 1. The van der Waals surface area contributed by atoms with Crippen LogP contribution in [0.5, 0.6) is 0 Å². The molecule has 0 saturated heterocycles. The number of nitrogens with zero attached hydrogens (tertiary/aromatic N) is 1. The van der Waals surface area contributed by atoms with Crippen LogP contribution in [-0.4, -0.2) is 22.8 Å². The van der Waals surface area contributed by atoms with Crippen LogP contribution in [0, 0.1) is 17.0 Å². The highest BCUT2D eigenvalue weighted by molar-refractivity contribution is 5.99. The highest BCUT2D eigenvalue weighted by Gasteiger charge is 2.20. The van der Waals surface area contributed by atoms with Crippen molar-refractivity contribution in [2.45, 2.75) is 19.9 Å². The molecule has 1 rings (SSSR count). The zero-order chi connectivity index (χ0) is 13.9. The van der Waals surface area contributed by atoms with Gasteiger partial charge in [-0.05, 0) is 19.9 Å². The summed E-state index contributed by atoms with van der Waals surface area (Å²) >= 11 is 0. The van der Waals surface area contributed by atoms with E-state index in [1.807, 2.05) is 0 Å². The van der Waals surface area contributed by atoms with Gasteiger partial charge in [-0.1, -0.05) is 6.07 Å². The summed E-state index contributed by atoms with van der Waals surface area (Å²) in [7, 11) is 0. The maximum atomic E-state index is 11.8. The maximum absolute atomic E-state index is 11.8. The number of hydrogen-bond acceptors (Lipinski definition) is 4. The number of hydrogen-bond donors (Lipinski definition) is 2. The van der Waals surface area contributed by atoms with Gasteiger partial charge in [0.15, 0.2) is 0 Å². The number of amides is 2. The first-order chi connectivity index (χ1) is 8.34. The third-order valence-electron chi connectivity index (χ3n) is 2.52. The van der Waals surface area contributed by atoms with Crippen LogP contribution in [0.15, 0.2) is 18.2 Å². The zero-order valence-corrected chi connectivity index (χ0v) is 9.97. The number of carbonyl (C=O) groups is 2. The van der Waals surface area contributed by atoms with E-state index in [1.54, 1.807) is 0 Å². The van der Waals surface area contributed by atoms with Gasteiger partial charge >= 0.3 is 0 Å². The quantitative estimate of drug-likeness (QED) is 0.599. The topological polar surface area (TPSA) is 115 Å². The summed E-state index contributed by atoms with van der Waals surface area (Å²) in [5, 5.41) is 13.1. The summed E-state index contributed by atoms with van der Waals surface area (Å²) in [6.07, 6.45) is 0. The van der Waals surface area contributed by atoms with Crippen LogP contribution >= 0.6 is 0 Å². The standard InChI is InChI=1S/C11H13N3O4/c1-6-8(4-3-5-9(6)14(17)18)11(16)13-7(2)10(12)15/h3-5,7H,1-2H3,(H2,12,15)(H,13,16). The van der Waals surface area contributed by atoms with Crippen molar-refractivity contribution >= 4 is 17.5 Å². The molecule has 0 aliphatic rings. The molecule has 1 aromatic rings. The second-order valence-electron chi connectivity index (χ2n) is 3.80. The first-order valence-corrected chi connectivity index (χ1v) is 5.18. The van der Waals surface area contributed by atoms with E-state index < -0.39 is 22.8 Å². The molecule has 2 amide bonds. The van der Waals surface area contributed by atoms with Crippen molar-refractivity contribution in [1.82, 2.24) is 5.32 Å². The van der Waals surface area contributed by atoms with E-state index in [0.29, 0.717) is 0 Å². The molecule has 3 N–H and O–H groups in total. The summed E-state index contributed by atoms with van der Waals surface area (Å²) < 4.78 is 0. The summed E-state index contributed by atoms with van der Waals surface area (Å²) in [6.45, 7) is 2.91.